The van der Waals surface area contributed by atoms with Gasteiger partial charge in [0.15, 0.2) is 0 Å². The van der Waals surface area contributed by atoms with Crippen molar-refractivity contribution in [3.63, 3.8) is 0 Å². The summed E-state index contributed by atoms with van der Waals surface area (Å²) >= 11 is 0. The minimum Gasteiger partial charge on any atom is -0.365 e. The van der Waals surface area contributed by atoms with Crippen molar-refractivity contribution in [3.05, 3.63) is 18.0 Å². The molecule has 0 saturated heterocycles. The van der Waals surface area contributed by atoms with E-state index in [-0.39, 0.29) is 6.42 Å². The van der Waals surface area contributed by atoms with E-state index in [0.717, 1.165) is 0 Å². The summed E-state index contributed by atoms with van der Waals surface area (Å²) in [5.74, 6) is 0. The number of aromatic nitrogens is 1. The second-order valence-electron chi connectivity index (χ2n) is 2.97. The Bertz CT molecular complexity index is 234. The zero-order valence-corrected chi connectivity index (χ0v) is 6.63. The van der Waals surface area contributed by atoms with Gasteiger partial charge in [-0.2, -0.15) is 0 Å². The van der Waals surface area contributed by atoms with Gasteiger partial charge in [-0.05, 0) is 6.92 Å². The molecule has 5 heteroatoms. The van der Waals surface area contributed by atoms with Gasteiger partial charge < -0.3 is 10.3 Å². The topological polar surface area (TPSA) is 52.0 Å². The highest BCUT2D eigenvalue weighted by Gasteiger charge is 2.31. The van der Waals surface area contributed by atoms with Crippen molar-refractivity contribution < 1.29 is 13.3 Å². The average molecular weight is 176 g/mol. The molecule has 1 heterocycles. The molecule has 1 rings (SSSR count). The molecule has 0 amide bonds. The summed E-state index contributed by atoms with van der Waals surface area (Å²) in [4.78, 5) is 0. The molecule has 3 nitrogen and oxygen atoms in total. The maximum absolute atomic E-state index is 12.2. The summed E-state index contributed by atoms with van der Waals surface area (Å²) in [6.07, 6.45) is -1.22. The van der Waals surface area contributed by atoms with Crippen LogP contribution in [-0.2, 0) is 6.42 Å². The van der Waals surface area contributed by atoms with Crippen LogP contribution in [0.3, 0.4) is 0 Å². The molecule has 0 radical (unpaired) electrons. The standard InChI is InChI=1S/C7H10F2N2O/c1-7(10,6(8)9)4-5-2-3-12-11-5/h2-3,6H,4,10H2,1H3. The van der Waals surface area contributed by atoms with Crippen molar-refractivity contribution in [1.29, 1.82) is 0 Å². The molecule has 0 aliphatic carbocycles. The Balaban J connectivity index is 2.62. The van der Waals surface area contributed by atoms with Crippen molar-refractivity contribution in [1.82, 2.24) is 5.16 Å². The van der Waals surface area contributed by atoms with Crippen LogP contribution in [0.5, 0.6) is 0 Å². The highest BCUT2D eigenvalue weighted by molar-refractivity contribution is 5.02. The Morgan fingerprint density at radius 3 is 2.83 bits per heavy atom. The molecule has 0 fully saturated rings. The molecule has 2 N–H and O–H groups in total. The van der Waals surface area contributed by atoms with Crippen LogP contribution in [0.25, 0.3) is 0 Å². The van der Waals surface area contributed by atoms with E-state index in [1.807, 2.05) is 0 Å². The van der Waals surface area contributed by atoms with Crippen LogP contribution in [0.15, 0.2) is 16.9 Å². The maximum Gasteiger partial charge on any atom is 0.256 e. The van der Waals surface area contributed by atoms with E-state index in [1.165, 1.54) is 19.3 Å². The Morgan fingerprint density at radius 1 is 1.75 bits per heavy atom. The monoisotopic (exact) mass is 176 g/mol. The lowest BCUT2D eigenvalue weighted by atomic mass is 9.98. The summed E-state index contributed by atoms with van der Waals surface area (Å²) in [5, 5.41) is 3.50. The molecule has 0 spiro atoms. The smallest absolute Gasteiger partial charge is 0.256 e. The number of rotatable bonds is 3. The quantitative estimate of drug-likeness (QED) is 0.752. The molecule has 12 heavy (non-hydrogen) atoms. The first-order chi connectivity index (χ1) is 5.52. The summed E-state index contributed by atoms with van der Waals surface area (Å²) in [6.45, 7) is 1.28. The summed E-state index contributed by atoms with van der Waals surface area (Å²) in [5.41, 5.74) is 4.23. The zero-order chi connectivity index (χ0) is 9.19. The van der Waals surface area contributed by atoms with Gasteiger partial charge in [0.1, 0.15) is 6.26 Å². The van der Waals surface area contributed by atoms with E-state index < -0.39 is 12.0 Å². The zero-order valence-electron chi connectivity index (χ0n) is 6.63. The molecule has 0 bridgehead atoms. The number of nitrogens with zero attached hydrogens (tertiary/aromatic N) is 1. The van der Waals surface area contributed by atoms with Gasteiger partial charge in [0.2, 0.25) is 0 Å². The molecule has 0 saturated carbocycles. The predicted molar refractivity (Wildman–Crippen MR) is 38.8 cm³/mol. The predicted octanol–water partition coefficient (Wildman–Crippen LogP) is 1.20. The van der Waals surface area contributed by atoms with Crippen LogP contribution < -0.4 is 5.73 Å². The summed E-state index contributed by atoms with van der Waals surface area (Å²) in [6, 6.07) is 1.52. The van der Waals surface area contributed by atoms with Crippen molar-refractivity contribution >= 4 is 0 Å². The van der Waals surface area contributed by atoms with Crippen LogP contribution in [0, 0.1) is 0 Å². The summed E-state index contributed by atoms with van der Waals surface area (Å²) in [7, 11) is 0. The van der Waals surface area contributed by atoms with Crippen LogP contribution in [0.4, 0.5) is 8.78 Å². The fourth-order valence-electron chi connectivity index (χ4n) is 0.796. The molecule has 68 valence electrons. The fraction of sp³-hybridized carbons (Fsp3) is 0.571. The van der Waals surface area contributed by atoms with Gasteiger partial charge in [0.25, 0.3) is 6.43 Å². The summed E-state index contributed by atoms with van der Waals surface area (Å²) < 4.78 is 28.9. The van der Waals surface area contributed by atoms with E-state index in [4.69, 9.17) is 5.73 Å². The van der Waals surface area contributed by atoms with Gasteiger partial charge in [-0.15, -0.1) is 0 Å². The van der Waals surface area contributed by atoms with Gasteiger partial charge in [-0.1, -0.05) is 5.16 Å². The molecule has 1 aromatic rings. The van der Waals surface area contributed by atoms with E-state index in [2.05, 4.69) is 9.68 Å². The molecule has 1 atom stereocenters. The van der Waals surface area contributed by atoms with Crippen LogP contribution in [0.1, 0.15) is 12.6 Å². The third-order valence-electron chi connectivity index (χ3n) is 1.55. The lowest BCUT2D eigenvalue weighted by Crippen LogP contribution is -2.45. The third-order valence-corrected chi connectivity index (χ3v) is 1.55. The lowest BCUT2D eigenvalue weighted by molar-refractivity contribution is 0.0630. The molecule has 0 aliphatic heterocycles. The Labute approximate surface area is 68.5 Å². The van der Waals surface area contributed by atoms with Gasteiger partial charge in [0, 0.05) is 12.5 Å². The molecule has 1 aromatic heterocycles. The number of hydrogen-bond donors (Lipinski definition) is 1. The van der Waals surface area contributed by atoms with Crippen LogP contribution in [-0.4, -0.2) is 17.1 Å². The maximum atomic E-state index is 12.2. The normalized spacial score (nSPS) is 16.4. The molecule has 0 aromatic carbocycles. The molecule has 1 unspecified atom stereocenters. The second-order valence-corrected chi connectivity index (χ2v) is 2.97. The van der Waals surface area contributed by atoms with E-state index in [9.17, 15) is 8.78 Å². The number of alkyl halides is 2. The Hall–Kier alpha value is -0.970. The SMILES string of the molecule is CC(N)(Cc1ccon1)C(F)F. The first-order valence-electron chi connectivity index (χ1n) is 3.48. The van der Waals surface area contributed by atoms with Crippen LogP contribution >= 0.6 is 0 Å². The highest BCUT2D eigenvalue weighted by Crippen LogP contribution is 2.16. The van der Waals surface area contributed by atoms with Crippen LogP contribution in [0.2, 0.25) is 0 Å². The number of nitrogens with two attached hydrogens (primary N) is 1. The van der Waals surface area contributed by atoms with Gasteiger partial charge >= 0.3 is 0 Å². The van der Waals surface area contributed by atoms with E-state index in [0.29, 0.717) is 5.69 Å². The Kier molecular flexibility index (Phi) is 2.42. The number of halogens is 2. The first kappa shape index (κ1) is 9.12. The highest BCUT2D eigenvalue weighted by atomic mass is 19.3. The first-order valence-corrected chi connectivity index (χ1v) is 3.48. The largest absolute Gasteiger partial charge is 0.365 e. The average Bonchev–Trinajstić information content (AvgIpc) is 2.38. The minimum absolute atomic E-state index is 0.0150. The van der Waals surface area contributed by atoms with Crippen molar-refractivity contribution in [2.45, 2.75) is 25.3 Å². The third kappa shape index (κ3) is 2.01. The number of hydrogen-bond acceptors (Lipinski definition) is 3. The fourth-order valence-corrected chi connectivity index (χ4v) is 0.796. The molecule has 0 aliphatic rings. The minimum atomic E-state index is -2.56. The van der Waals surface area contributed by atoms with Gasteiger partial charge in [-0.3, -0.25) is 0 Å². The van der Waals surface area contributed by atoms with Crippen molar-refractivity contribution in [3.8, 4) is 0 Å². The van der Waals surface area contributed by atoms with E-state index in [1.54, 1.807) is 0 Å². The van der Waals surface area contributed by atoms with Crippen molar-refractivity contribution in [2.75, 3.05) is 0 Å². The van der Waals surface area contributed by atoms with E-state index >= 15 is 0 Å². The lowest BCUT2D eigenvalue weighted by Gasteiger charge is -2.21. The Morgan fingerprint density at radius 2 is 2.42 bits per heavy atom. The molecular weight excluding hydrogens is 166 g/mol. The molecular formula is C7H10F2N2O. The second kappa shape index (κ2) is 3.18. The van der Waals surface area contributed by atoms with Gasteiger partial charge in [-0.25, -0.2) is 8.78 Å². The van der Waals surface area contributed by atoms with Gasteiger partial charge in [0.05, 0.1) is 11.2 Å². The van der Waals surface area contributed by atoms with Crippen molar-refractivity contribution in [2.24, 2.45) is 5.73 Å².